The summed E-state index contributed by atoms with van der Waals surface area (Å²) in [5.74, 6) is -0.468. The van der Waals surface area contributed by atoms with E-state index in [0.717, 1.165) is 0 Å². The van der Waals surface area contributed by atoms with E-state index in [1.807, 2.05) is 13.8 Å². The molecule has 1 atom stereocenters. The topological polar surface area (TPSA) is 84.2 Å². The van der Waals surface area contributed by atoms with Gasteiger partial charge >= 0.3 is 0 Å². The Hall–Kier alpha value is -1.10. The predicted molar refractivity (Wildman–Crippen MR) is 50.0 cm³/mol. The minimum Gasteiger partial charge on any atom is -0.355 e. The summed E-state index contributed by atoms with van der Waals surface area (Å²) in [5, 5.41) is 5.16. The number of likely N-dealkylation sites (N-methyl/N-ethyl adjacent to an activating group) is 1. The smallest absolute Gasteiger partial charge is 0.242 e. The molecule has 0 spiro atoms. The molecule has 0 saturated carbocycles. The zero-order valence-electron chi connectivity index (χ0n) is 8.09. The summed E-state index contributed by atoms with van der Waals surface area (Å²) in [5.41, 5.74) is 5.11. The lowest BCUT2D eigenvalue weighted by Gasteiger charge is -2.15. The fourth-order valence-corrected chi connectivity index (χ4v) is 0.904. The molecule has 0 radical (unpaired) electrons. The standard InChI is InChI=1S/C8H17N3O2/c1-3-6(8(13)10-4-2)11-7(12)5-9/h6H,3-5,9H2,1-2H3,(H,10,13)(H,11,12). The van der Waals surface area contributed by atoms with Gasteiger partial charge in [0.05, 0.1) is 6.54 Å². The number of hydrogen-bond acceptors (Lipinski definition) is 3. The summed E-state index contributed by atoms with van der Waals surface area (Å²) in [7, 11) is 0. The van der Waals surface area contributed by atoms with Crippen molar-refractivity contribution < 1.29 is 9.59 Å². The Bertz CT molecular complexity index is 182. The van der Waals surface area contributed by atoms with E-state index in [1.54, 1.807) is 0 Å². The third-order valence-corrected chi connectivity index (χ3v) is 1.60. The molecule has 0 aromatic rings. The van der Waals surface area contributed by atoms with Crippen molar-refractivity contribution in [3.05, 3.63) is 0 Å². The quantitative estimate of drug-likeness (QED) is 0.515. The molecule has 4 N–H and O–H groups in total. The molecule has 5 nitrogen and oxygen atoms in total. The average molecular weight is 187 g/mol. The minimum atomic E-state index is -0.462. The van der Waals surface area contributed by atoms with Gasteiger partial charge in [-0.1, -0.05) is 6.92 Å². The maximum absolute atomic E-state index is 11.3. The highest BCUT2D eigenvalue weighted by atomic mass is 16.2. The van der Waals surface area contributed by atoms with Crippen molar-refractivity contribution in [2.24, 2.45) is 5.73 Å². The molecule has 0 heterocycles. The van der Waals surface area contributed by atoms with Crippen molar-refractivity contribution in [1.29, 1.82) is 0 Å². The minimum absolute atomic E-state index is 0.0874. The third kappa shape index (κ3) is 4.47. The first-order chi connectivity index (χ1) is 6.15. The fraction of sp³-hybridized carbons (Fsp3) is 0.750. The fourth-order valence-electron chi connectivity index (χ4n) is 0.904. The normalized spacial score (nSPS) is 11.9. The number of nitrogens with two attached hydrogens (primary N) is 1. The van der Waals surface area contributed by atoms with Gasteiger partial charge in [-0.2, -0.15) is 0 Å². The van der Waals surface area contributed by atoms with Gasteiger partial charge in [0.15, 0.2) is 0 Å². The van der Waals surface area contributed by atoms with Gasteiger partial charge in [-0.05, 0) is 13.3 Å². The Balaban J connectivity index is 4.01. The van der Waals surface area contributed by atoms with Crippen molar-refractivity contribution in [2.75, 3.05) is 13.1 Å². The van der Waals surface area contributed by atoms with Gasteiger partial charge in [-0.15, -0.1) is 0 Å². The molecule has 0 rings (SSSR count). The van der Waals surface area contributed by atoms with Crippen LogP contribution in [0, 0.1) is 0 Å². The van der Waals surface area contributed by atoms with E-state index < -0.39 is 6.04 Å². The van der Waals surface area contributed by atoms with Crippen LogP contribution < -0.4 is 16.4 Å². The largest absolute Gasteiger partial charge is 0.355 e. The molecule has 2 amide bonds. The molecule has 13 heavy (non-hydrogen) atoms. The molecule has 0 aromatic heterocycles. The first-order valence-corrected chi connectivity index (χ1v) is 4.42. The van der Waals surface area contributed by atoms with Crippen LogP contribution >= 0.6 is 0 Å². The van der Waals surface area contributed by atoms with Crippen LogP contribution in [0.3, 0.4) is 0 Å². The summed E-state index contributed by atoms with van der Waals surface area (Å²) < 4.78 is 0. The second-order valence-electron chi connectivity index (χ2n) is 2.63. The highest BCUT2D eigenvalue weighted by Gasteiger charge is 2.16. The van der Waals surface area contributed by atoms with Gasteiger partial charge in [-0.3, -0.25) is 9.59 Å². The number of hydrogen-bond donors (Lipinski definition) is 3. The Kier molecular flexibility index (Phi) is 5.88. The Labute approximate surface area is 78.1 Å². The predicted octanol–water partition coefficient (Wildman–Crippen LogP) is -1.02. The van der Waals surface area contributed by atoms with E-state index in [2.05, 4.69) is 10.6 Å². The molecule has 0 aliphatic heterocycles. The Morgan fingerprint density at radius 1 is 1.38 bits per heavy atom. The van der Waals surface area contributed by atoms with Crippen LogP contribution in [-0.2, 0) is 9.59 Å². The van der Waals surface area contributed by atoms with Gasteiger partial charge < -0.3 is 16.4 Å². The molecule has 0 bridgehead atoms. The van der Waals surface area contributed by atoms with Crippen LogP contribution in [-0.4, -0.2) is 30.9 Å². The van der Waals surface area contributed by atoms with Gasteiger partial charge in [-0.25, -0.2) is 0 Å². The third-order valence-electron chi connectivity index (χ3n) is 1.60. The first-order valence-electron chi connectivity index (χ1n) is 4.42. The van der Waals surface area contributed by atoms with Gasteiger partial charge in [0.1, 0.15) is 6.04 Å². The molecule has 0 aliphatic rings. The SMILES string of the molecule is CCNC(=O)C(CC)NC(=O)CN. The maximum atomic E-state index is 11.3. The van der Waals surface area contributed by atoms with E-state index in [9.17, 15) is 9.59 Å². The van der Waals surface area contributed by atoms with Gasteiger partial charge in [0.25, 0.3) is 0 Å². The number of carbonyl (C=O) groups is 2. The first kappa shape index (κ1) is 11.9. The van der Waals surface area contributed by atoms with Crippen LogP contribution in [0.5, 0.6) is 0 Å². The zero-order chi connectivity index (χ0) is 10.3. The van der Waals surface area contributed by atoms with Crippen molar-refractivity contribution >= 4 is 11.8 Å². The summed E-state index contributed by atoms with van der Waals surface area (Å²) in [4.78, 5) is 22.1. The molecule has 1 unspecified atom stereocenters. The Morgan fingerprint density at radius 2 is 2.00 bits per heavy atom. The number of carbonyl (C=O) groups excluding carboxylic acids is 2. The van der Waals surface area contributed by atoms with Crippen LogP contribution in [0.4, 0.5) is 0 Å². The molecule has 0 aliphatic carbocycles. The second-order valence-corrected chi connectivity index (χ2v) is 2.63. The lowest BCUT2D eigenvalue weighted by Crippen LogP contribution is -2.48. The molecule has 0 fully saturated rings. The molecular weight excluding hydrogens is 170 g/mol. The van der Waals surface area contributed by atoms with Crippen molar-refractivity contribution in [3.8, 4) is 0 Å². The van der Waals surface area contributed by atoms with Crippen molar-refractivity contribution in [3.63, 3.8) is 0 Å². The van der Waals surface area contributed by atoms with Crippen LogP contribution in [0.15, 0.2) is 0 Å². The second kappa shape index (κ2) is 6.42. The monoisotopic (exact) mass is 187 g/mol. The highest BCUT2D eigenvalue weighted by molar-refractivity contribution is 5.88. The number of nitrogens with one attached hydrogen (secondary N) is 2. The van der Waals surface area contributed by atoms with Crippen molar-refractivity contribution in [2.45, 2.75) is 26.3 Å². The number of amides is 2. The van der Waals surface area contributed by atoms with E-state index in [-0.39, 0.29) is 18.4 Å². The summed E-state index contributed by atoms with van der Waals surface area (Å²) in [6.45, 7) is 4.13. The maximum Gasteiger partial charge on any atom is 0.242 e. The number of rotatable bonds is 5. The van der Waals surface area contributed by atoms with Crippen LogP contribution in [0.25, 0.3) is 0 Å². The summed E-state index contributed by atoms with van der Waals surface area (Å²) in [6.07, 6.45) is 0.567. The van der Waals surface area contributed by atoms with E-state index in [4.69, 9.17) is 5.73 Å². The van der Waals surface area contributed by atoms with Gasteiger partial charge in [0, 0.05) is 6.54 Å². The van der Waals surface area contributed by atoms with Gasteiger partial charge in [0.2, 0.25) is 11.8 Å². The van der Waals surface area contributed by atoms with Crippen LogP contribution in [0.2, 0.25) is 0 Å². The van der Waals surface area contributed by atoms with Crippen LogP contribution in [0.1, 0.15) is 20.3 Å². The molecule has 76 valence electrons. The zero-order valence-corrected chi connectivity index (χ0v) is 8.09. The molecular formula is C8H17N3O2. The molecule has 5 heteroatoms. The summed E-state index contributed by atoms with van der Waals surface area (Å²) in [6, 6.07) is -0.462. The van der Waals surface area contributed by atoms with E-state index >= 15 is 0 Å². The van der Waals surface area contributed by atoms with E-state index in [1.165, 1.54) is 0 Å². The summed E-state index contributed by atoms with van der Waals surface area (Å²) >= 11 is 0. The highest BCUT2D eigenvalue weighted by Crippen LogP contribution is 1.90. The average Bonchev–Trinajstić information content (AvgIpc) is 2.14. The van der Waals surface area contributed by atoms with E-state index in [0.29, 0.717) is 13.0 Å². The van der Waals surface area contributed by atoms with Crippen molar-refractivity contribution in [1.82, 2.24) is 10.6 Å². The lowest BCUT2D eigenvalue weighted by atomic mass is 10.2. The lowest BCUT2D eigenvalue weighted by molar-refractivity contribution is -0.128. The molecule has 0 saturated heterocycles. The molecule has 0 aromatic carbocycles. The Morgan fingerprint density at radius 3 is 2.38 bits per heavy atom.